The van der Waals surface area contributed by atoms with E-state index in [1.54, 1.807) is 0 Å². The molecule has 7 nitrogen and oxygen atoms in total. The maximum Gasteiger partial charge on any atom is 0.490 e. The Morgan fingerprint density at radius 2 is 1.69 bits per heavy atom. The van der Waals surface area contributed by atoms with Crippen molar-refractivity contribution in [2.24, 2.45) is 0 Å². The average Bonchev–Trinajstić information content (AvgIpc) is 3.18. The van der Waals surface area contributed by atoms with E-state index in [1.807, 2.05) is 31.2 Å². The molecule has 10 heteroatoms. The van der Waals surface area contributed by atoms with E-state index in [-0.39, 0.29) is 12.0 Å². The van der Waals surface area contributed by atoms with Gasteiger partial charge in [0.2, 0.25) is 0 Å². The number of nitrogens with zero attached hydrogens (tertiary/aromatic N) is 3. The van der Waals surface area contributed by atoms with Crippen molar-refractivity contribution in [3.05, 3.63) is 65.5 Å². The molecule has 3 rings (SSSR count). The summed E-state index contributed by atoms with van der Waals surface area (Å²) < 4.78 is 39.1. The van der Waals surface area contributed by atoms with Gasteiger partial charge in [-0.1, -0.05) is 30.3 Å². The molecule has 1 aromatic heterocycles. The number of ether oxygens (including phenoxy) is 1. The van der Waals surface area contributed by atoms with Crippen molar-refractivity contribution in [2.75, 3.05) is 6.61 Å². The van der Waals surface area contributed by atoms with E-state index in [0.717, 1.165) is 29.9 Å². The molecule has 0 aliphatic carbocycles. The van der Waals surface area contributed by atoms with Gasteiger partial charge < -0.3 is 14.4 Å². The third kappa shape index (κ3) is 7.30. The number of esters is 1. The lowest BCUT2D eigenvalue weighted by atomic mass is 10.1. The van der Waals surface area contributed by atoms with Crippen LogP contribution in [0.3, 0.4) is 0 Å². The number of rotatable bonds is 8. The fraction of sp³-hybridized carbons (Fsp3) is 0.423. The molecule has 0 saturated heterocycles. The number of fused-ring (bicyclic) bond motifs is 1. The number of aliphatic carboxylic acids is 1. The fourth-order valence-corrected chi connectivity index (χ4v) is 3.85. The first-order valence-electron chi connectivity index (χ1n) is 11.7. The smallest absolute Gasteiger partial charge is 0.475 e. The second-order valence-electron chi connectivity index (χ2n) is 8.35. The number of hydrogen-bond acceptors (Lipinski definition) is 5. The van der Waals surface area contributed by atoms with Crippen LogP contribution in [0.25, 0.3) is 11.0 Å². The number of carbonyl (C=O) groups excluding carboxylic acids is 1. The Hall–Kier alpha value is -3.40. The van der Waals surface area contributed by atoms with Crippen LogP contribution in [0, 0.1) is 0 Å². The summed E-state index contributed by atoms with van der Waals surface area (Å²) in [5.74, 6) is -2.05. The highest BCUT2D eigenvalue weighted by Gasteiger charge is 2.38. The number of halogens is 3. The van der Waals surface area contributed by atoms with Gasteiger partial charge in [0, 0.05) is 18.6 Å². The second kappa shape index (κ2) is 12.5. The predicted molar refractivity (Wildman–Crippen MR) is 131 cm³/mol. The number of aryl methyl sites for hydroxylation is 1. The molecule has 0 aliphatic rings. The van der Waals surface area contributed by atoms with Crippen LogP contribution in [0.1, 0.15) is 62.4 Å². The maximum absolute atomic E-state index is 12.1. The first-order chi connectivity index (χ1) is 16.9. The summed E-state index contributed by atoms with van der Waals surface area (Å²) in [6.45, 7) is 12.6. The lowest BCUT2D eigenvalue weighted by Gasteiger charge is -2.33. The first kappa shape index (κ1) is 28.8. The number of alkyl halides is 3. The minimum Gasteiger partial charge on any atom is -0.475 e. The number of aromatic nitrogens is 2. The summed E-state index contributed by atoms with van der Waals surface area (Å²) in [5, 5.41) is 7.12. The van der Waals surface area contributed by atoms with Gasteiger partial charge in [-0.15, -0.1) is 0 Å². The second-order valence-corrected chi connectivity index (χ2v) is 8.35. The molecule has 2 aromatic carbocycles. The summed E-state index contributed by atoms with van der Waals surface area (Å²) in [7, 11) is 0. The number of hydrogen-bond donors (Lipinski definition) is 1. The summed E-state index contributed by atoms with van der Waals surface area (Å²) in [5.41, 5.74) is 3.73. The minimum absolute atomic E-state index is 0.274. The normalized spacial score (nSPS) is 12.4. The summed E-state index contributed by atoms with van der Waals surface area (Å²) in [4.78, 5) is 28.3. The van der Waals surface area contributed by atoms with Crippen molar-refractivity contribution >= 4 is 23.0 Å². The van der Waals surface area contributed by atoms with E-state index in [0.29, 0.717) is 18.2 Å². The molecule has 196 valence electrons. The van der Waals surface area contributed by atoms with Crippen LogP contribution in [0.5, 0.6) is 0 Å². The Morgan fingerprint density at radius 3 is 2.19 bits per heavy atom. The molecule has 0 spiro atoms. The van der Waals surface area contributed by atoms with Crippen molar-refractivity contribution in [3.8, 4) is 0 Å². The molecule has 1 atom stereocenters. The number of carbonyl (C=O) groups is 2. The molecule has 0 fully saturated rings. The quantitative estimate of drug-likeness (QED) is 0.386. The molecule has 0 aliphatic heterocycles. The number of benzene rings is 2. The molecular formula is C26H32F3N3O4. The minimum atomic E-state index is -5.08. The average molecular weight is 508 g/mol. The van der Waals surface area contributed by atoms with Gasteiger partial charge in [-0.25, -0.2) is 14.6 Å². The van der Waals surface area contributed by atoms with E-state index >= 15 is 0 Å². The van der Waals surface area contributed by atoms with E-state index < -0.39 is 12.1 Å². The predicted octanol–water partition coefficient (Wildman–Crippen LogP) is 5.84. The number of carboxylic acids is 1. The van der Waals surface area contributed by atoms with Crippen LogP contribution in [-0.4, -0.2) is 50.3 Å². The topological polar surface area (TPSA) is 84.7 Å². The van der Waals surface area contributed by atoms with Crippen LogP contribution in [-0.2, 0) is 22.6 Å². The van der Waals surface area contributed by atoms with Crippen LogP contribution < -0.4 is 0 Å². The van der Waals surface area contributed by atoms with Crippen molar-refractivity contribution in [2.45, 2.75) is 66.0 Å². The molecule has 0 saturated carbocycles. The molecular weight excluding hydrogens is 475 g/mol. The molecule has 0 radical (unpaired) electrons. The summed E-state index contributed by atoms with van der Waals surface area (Å²) in [6, 6.07) is 16.8. The SMILES string of the molecule is CCOC(=O)c1ccc2c(c1)nc(CN(C(C)C)C(C)c1ccccc1)n2CC.O=C(O)C(F)(F)F. The number of imidazole rings is 1. The standard InChI is InChI=1S/C24H31N3O2.C2HF3O2/c1-6-26-22-14-13-20(24(28)29-7-2)15-21(22)25-23(26)16-27(17(3)4)18(5)19-11-9-8-10-12-19;3-2(4,5)1(6)7/h8-15,17-18H,6-7,16H2,1-5H3;(H,6,7). The van der Waals surface area contributed by atoms with E-state index in [1.165, 1.54) is 5.56 Å². The van der Waals surface area contributed by atoms with Gasteiger partial charge in [0.25, 0.3) is 0 Å². The van der Waals surface area contributed by atoms with Crippen molar-refractivity contribution in [1.82, 2.24) is 14.5 Å². The Bertz CT molecular complexity index is 1160. The molecule has 0 bridgehead atoms. The first-order valence-corrected chi connectivity index (χ1v) is 11.7. The molecule has 0 amide bonds. The zero-order valence-electron chi connectivity index (χ0n) is 21.0. The van der Waals surface area contributed by atoms with E-state index in [9.17, 15) is 18.0 Å². The highest BCUT2D eigenvalue weighted by Crippen LogP contribution is 2.26. The lowest BCUT2D eigenvalue weighted by molar-refractivity contribution is -0.192. The lowest BCUT2D eigenvalue weighted by Crippen LogP contribution is -2.34. The van der Waals surface area contributed by atoms with Crippen LogP contribution >= 0.6 is 0 Å². The largest absolute Gasteiger partial charge is 0.490 e. The monoisotopic (exact) mass is 507 g/mol. The highest BCUT2D eigenvalue weighted by molar-refractivity contribution is 5.93. The van der Waals surface area contributed by atoms with Gasteiger partial charge in [0.1, 0.15) is 5.82 Å². The van der Waals surface area contributed by atoms with E-state index in [4.69, 9.17) is 19.6 Å². The Labute approximate surface area is 208 Å². The zero-order valence-corrected chi connectivity index (χ0v) is 21.0. The molecule has 1 N–H and O–H groups in total. The van der Waals surface area contributed by atoms with Crippen LogP contribution in [0.2, 0.25) is 0 Å². The highest BCUT2D eigenvalue weighted by atomic mass is 19.4. The van der Waals surface area contributed by atoms with Gasteiger partial charge in [0.15, 0.2) is 0 Å². The molecule has 36 heavy (non-hydrogen) atoms. The van der Waals surface area contributed by atoms with Crippen LogP contribution in [0.4, 0.5) is 13.2 Å². The van der Waals surface area contributed by atoms with Crippen molar-refractivity contribution in [3.63, 3.8) is 0 Å². The third-order valence-corrected chi connectivity index (χ3v) is 5.66. The molecule has 1 unspecified atom stereocenters. The molecule has 1 heterocycles. The Morgan fingerprint density at radius 1 is 1.08 bits per heavy atom. The zero-order chi connectivity index (χ0) is 27.0. The van der Waals surface area contributed by atoms with Gasteiger partial charge in [-0.2, -0.15) is 13.2 Å². The summed E-state index contributed by atoms with van der Waals surface area (Å²) in [6.07, 6.45) is -5.08. The van der Waals surface area contributed by atoms with Gasteiger partial charge in [0.05, 0.1) is 29.7 Å². The van der Waals surface area contributed by atoms with Gasteiger partial charge >= 0.3 is 18.1 Å². The van der Waals surface area contributed by atoms with E-state index in [2.05, 4.69) is 61.4 Å². The van der Waals surface area contributed by atoms with Crippen molar-refractivity contribution < 1.29 is 32.6 Å². The Kier molecular flexibility index (Phi) is 10.0. The van der Waals surface area contributed by atoms with Crippen LogP contribution in [0.15, 0.2) is 48.5 Å². The van der Waals surface area contributed by atoms with Gasteiger partial charge in [-0.3, -0.25) is 4.90 Å². The third-order valence-electron chi connectivity index (χ3n) is 5.66. The fourth-order valence-electron chi connectivity index (χ4n) is 3.85. The van der Waals surface area contributed by atoms with Gasteiger partial charge in [-0.05, 0) is 58.4 Å². The maximum atomic E-state index is 12.1. The summed E-state index contributed by atoms with van der Waals surface area (Å²) >= 11 is 0. The number of carboxylic acid groups (broad SMARTS) is 1. The van der Waals surface area contributed by atoms with Crippen molar-refractivity contribution in [1.29, 1.82) is 0 Å². The molecule has 3 aromatic rings. The Balaban J connectivity index is 0.000000572.